The zero-order chi connectivity index (χ0) is 18.1. The normalized spacial score (nSPS) is 23.8. The molecule has 1 N–H and O–H groups in total. The SMILES string of the molecule is CC1CCCN(C(=O)C2CC(=O)N(CCc3c[nH]c4ccccc34)C2)C1. The molecule has 0 saturated carbocycles. The highest BCUT2D eigenvalue weighted by molar-refractivity contribution is 5.89. The maximum absolute atomic E-state index is 12.8. The lowest BCUT2D eigenvalue weighted by Gasteiger charge is -2.32. The van der Waals surface area contributed by atoms with Crippen LogP contribution in [0.4, 0.5) is 0 Å². The third-order valence-corrected chi connectivity index (χ3v) is 5.86. The van der Waals surface area contributed by atoms with Gasteiger partial charge in [0.15, 0.2) is 0 Å². The van der Waals surface area contributed by atoms with Crippen LogP contribution in [-0.2, 0) is 16.0 Å². The Bertz CT molecular complexity index is 812. The molecule has 2 amide bonds. The lowest BCUT2D eigenvalue weighted by molar-refractivity contribution is -0.137. The van der Waals surface area contributed by atoms with Crippen LogP contribution in [0.25, 0.3) is 10.9 Å². The van der Waals surface area contributed by atoms with Crippen molar-refractivity contribution in [2.75, 3.05) is 26.2 Å². The minimum Gasteiger partial charge on any atom is -0.361 e. The molecule has 138 valence electrons. The summed E-state index contributed by atoms with van der Waals surface area (Å²) in [6.07, 6.45) is 5.50. The van der Waals surface area contributed by atoms with Crippen molar-refractivity contribution >= 4 is 22.7 Å². The van der Waals surface area contributed by atoms with E-state index in [4.69, 9.17) is 0 Å². The van der Waals surface area contributed by atoms with Crippen molar-refractivity contribution in [3.05, 3.63) is 36.0 Å². The molecule has 5 nitrogen and oxygen atoms in total. The van der Waals surface area contributed by atoms with Crippen LogP contribution in [-0.4, -0.2) is 52.8 Å². The van der Waals surface area contributed by atoms with Crippen LogP contribution in [0.1, 0.15) is 31.7 Å². The zero-order valence-electron chi connectivity index (χ0n) is 15.4. The number of hydrogen-bond acceptors (Lipinski definition) is 2. The minimum atomic E-state index is -0.157. The number of amides is 2. The molecule has 2 saturated heterocycles. The number of benzene rings is 1. The Labute approximate surface area is 154 Å². The molecule has 0 bridgehead atoms. The van der Waals surface area contributed by atoms with E-state index in [0.29, 0.717) is 25.4 Å². The molecular formula is C21H27N3O2. The molecule has 26 heavy (non-hydrogen) atoms. The molecule has 2 unspecified atom stereocenters. The molecule has 1 aromatic heterocycles. The number of aromatic nitrogens is 1. The number of piperidine rings is 1. The van der Waals surface area contributed by atoms with Gasteiger partial charge in [-0.3, -0.25) is 9.59 Å². The lowest BCUT2D eigenvalue weighted by Crippen LogP contribution is -2.43. The van der Waals surface area contributed by atoms with E-state index in [2.05, 4.69) is 24.0 Å². The summed E-state index contributed by atoms with van der Waals surface area (Å²) in [7, 11) is 0. The van der Waals surface area contributed by atoms with Crippen molar-refractivity contribution in [2.24, 2.45) is 11.8 Å². The van der Waals surface area contributed by atoms with Gasteiger partial charge in [0.25, 0.3) is 0 Å². The molecule has 2 fully saturated rings. The van der Waals surface area contributed by atoms with E-state index in [1.54, 1.807) is 0 Å². The Kier molecular flexibility index (Phi) is 4.70. The summed E-state index contributed by atoms with van der Waals surface area (Å²) < 4.78 is 0. The predicted octanol–water partition coefficient (Wildman–Crippen LogP) is 2.82. The van der Waals surface area contributed by atoms with E-state index in [1.165, 1.54) is 17.4 Å². The Morgan fingerprint density at radius 3 is 2.96 bits per heavy atom. The maximum atomic E-state index is 12.8. The average molecular weight is 353 g/mol. The van der Waals surface area contributed by atoms with Gasteiger partial charge in [0.1, 0.15) is 0 Å². The third kappa shape index (κ3) is 3.35. The van der Waals surface area contributed by atoms with Crippen molar-refractivity contribution in [3.63, 3.8) is 0 Å². The largest absolute Gasteiger partial charge is 0.361 e. The maximum Gasteiger partial charge on any atom is 0.228 e. The third-order valence-electron chi connectivity index (χ3n) is 5.86. The number of H-pyrrole nitrogens is 1. The molecule has 0 aliphatic carbocycles. The summed E-state index contributed by atoms with van der Waals surface area (Å²) in [5, 5.41) is 1.22. The minimum absolute atomic E-state index is 0.119. The Morgan fingerprint density at radius 2 is 2.12 bits per heavy atom. The first kappa shape index (κ1) is 17.1. The van der Waals surface area contributed by atoms with E-state index in [1.807, 2.05) is 28.1 Å². The van der Waals surface area contributed by atoms with E-state index in [-0.39, 0.29) is 17.7 Å². The van der Waals surface area contributed by atoms with Crippen molar-refractivity contribution in [1.82, 2.24) is 14.8 Å². The van der Waals surface area contributed by atoms with Crippen LogP contribution in [0, 0.1) is 11.8 Å². The fourth-order valence-electron chi connectivity index (χ4n) is 4.40. The summed E-state index contributed by atoms with van der Waals surface area (Å²) in [5.41, 5.74) is 2.36. The van der Waals surface area contributed by atoms with Gasteiger partial charge in [-0.15, -0.1) is 0 Å². The van der Waals surface area contributed by atoms with Gasteiger partial charge < -0.3 is 14.8 Å². The first-order valence-electron chi connectivity index (χ1n) is 9.73. The number of rotatable bonds is 4. The fraction of sp³-hybridized carbons (Fsp3) is 0.524. The smallest absolute Gasteiger partial charge is 0.228 e. The number of nitrogens with one attached hydrogen (secondary N) is 1. The summed E-state index contributed by atoms with van der Waals surface area (Å²) in [6.45, 7) is 5.15. The molecule has 0 radical (unpaired) electrons. The van der Waals surface area contributed by atoms with E-state index < -0.39 is 0 Å². The molecule has 2 atom stereocenters. The van der Waals surface area contributed by atoms with E-state index in [9.17, 15) is 9.59 Å². The van der Waals surface area contributed by atoms with Crippen LogP contribution in [0.15, 0.2) is 30.5 Å². The van der Waals surface area contributed by atoms with Crippen molar-refractivity contribution in [2.45, 2.75) is 32.6 Å². The molecule has 1 aromatic carbocycles. The summed E-state index contributed by atoms with van der Waals surface area (Å²) >= 11 is 0. The van der Waals surface area contributed by atoms with Crippen LogP contribution < -0.4 is 0 Å². The van der Waals surface area contributed by atoms with Crippen LogP contribution in [0.2, 0.25) is 0 Å². The molecule has 2 aliphatic rings. The molecule has 2 aromatic rings. The van der Waals surface area contributed by atoms with E-state index >= 15 is 0 Å². The van der Waals surface area contributed by atoms with Gasteiger partial charge in [-0.1, -0.05) is 25.1 Å². The average Bonchev–Trinajstić information content (AvgIpc) is 3.23. The van der Waals surface area contributed by atoms with Crippen molar-refractivity contribution < 1.29 is 9.59 Å². The van der Waals surface area contributed by atoms with Crippen LogP contribution >= 0.6 is 0 Å². The highest BCUT2D eigenvalue weighted by Crippen LogP contribution is 2.25. The second-order valence-electron chi connectivity index (χ2n) is 7.88. The number of aromatic amines is 1. The van der Waals surface area contributed by atoms with Gasteiger partial charge in [-0.25, -0.2) is 0 Å². The van der Waals surface area contributed by atoms with Crippen molar-refractivity contribution in [1.29, 1.82) is 0 Å². The summed E-state index contributed by atoms with van der Waals surface area (Å²) in [5.74, 6) is 0.714. The van der Waals surface area contributed by atoms with Gasteiger partial charge >= 0.3 is 0 Å². The lowest BCUT2D eigenvalue weighted by atomic mass is 9.98. The van der Waals surface area contributed by atoms with Gasteiger partial charge in [-0.2, -0.15) is 0 Å². The quantitative estimate of drug-likeness (QED) is 0.919. The van der Waals surface area contributed by atoms with Gasteiger partial charge in [0.2, 0.25) is 11.8 Å². The number of fused-ring (bicyclic) bond motifs is 1. The van der Waals surface area contributed by atoms with Crippen LogP contribution in [0.5, 0.6) is 0 Å². The highest BCUT2D eigenvalue weighted by atomic mass is 16.2. The highest BCUT2D eigenvalue weighted by Gasteiger charge is 2.37. The van der Waals surface area contributed by atoms with E-state index in [0.717, 1.165) is 31.4 Å². The standard InChI is InChI=1S/C21H27N3O2/c1-15-5-4-9-24(13-15)21(26)17-11-20(25)23(14-17)10-8-16-12-22-19-7-3-2-6-18(16)19/h2-3,6-7,12,15,17,22H,4-5,8-11,13-14H2,1H3. The Hall–Kier alpha value is -2.30. The fourth-order valence-corrected chi connectivity index (χ4v) is 4.40. The molecule has 3 heterocycles. The second-order valence-corrected chi connectivity index (χ2v) is 7.88. The number of para-hydroxylation sites is 1. The first-order valence-corrected chi connectivity index (χ1v) is 9.73. The van der Waals surface area contributed by atoms with Crippen LogP contribution in [0.3, 0.4) is 0 Å². The second kappa shape index (κ2) is 7.14. The Morgan fingerprint density at radius 1 is 1.27 bits per heavy atom. The number of hydrogen-bond donors (Lipinski definition) is 1. The molecule has 0 spiro atoms. The Balaban J connectivity index is 1.36. The number of likely N-dealkylation sites (tertiary alicyclic amines) is 2. The van der Waals surface area contributed by atoms with Crippen molar-refractivity contribution in [3.8, 4) is 0 Å². The topological polar surface area (TPSA) is 56.4 Å². The number of carbonyl (C=O) groups is 2. The molecule has 5 heteroatoms. The van der Waals surface area contributed by atoms with Gasteiger partial charge in [0.05, 0.1) is 5.92 Å². The van der Waals surface area contributed by atoms with Gasteiger partial charge in [0, 0.05) is 49.7 Å². The summed E-state index contributed by atoms with van der Waals surface area (Å²) in [4.78, 5) is 32.3. The molecule has 2 aliphatic heterocycles. The molecular weight excluding hydrogens is 326 g/mol. The number of nitrogens with zero attached hydrogens (tertiary/aromatic N) is 2. The predicted molar refractivity (Wildman–Crippen MR) is 102 cm³/mol. The molecule has 4 rings (SSSR count). The summed E-state index contributed by atoms with van der Waals surface area (Å²) in [6, 6.07) is 8.23. The monoisotopic (exact) mass is 353 g/mol. The first-order chi connectivity index (χ1) is 12.6. The zero-order valence-corrected chi connectivity index (χ0v) is 15.4. The number of carbonyl (C=O) groups excluding carboxylic acids is 2. The van der Waals surface area contributed by atoms with Gasteiger partial charge in [-0.05, 0) is 36.8 Å².